The highest BCUT2D eigenvalue weighted by molar-refractivity contribution is 6.39. The highest BCUT2D eigenvalue weighted by atomic mass is 35.5. The molecule has 0 radical (unpaired) electrons. The van der Waals surface area contributed by atoms with Crippen molar-refractivity contribution in [3.63, 3.8) is 0 Å². The fourth-order valence-electron chi connectivity index (χ4n) is 2.63. The van der Waals surface area contributed by atoms with E-state index >= 15 is 0 Å². The second kappa shape index (κ2) is 9.58. The van der Waals surface area contributed by atoms with Gasteiger partial charge in [0, 0.05) is 36.3 Å². The minimum absolute atomic E-state index is 0.111. The fraction of sp³-hybridized carbons (Fsp3) is 0.190. The van der Waals surface area contributed by atoms with Gasteiger partial charge in [-0.2, -0.15) is 0 Å². The molecule has 6 nitrogen and oxygen atoms in total. The number of anilines is 1. The van der Waals surface area contributed by atoms with Gasteiger partial charge in [0.25, 0.3) is 5.91 Å². The lowest BCUT2D eigenvalue weighted by Crippen LogP contribution is -2.14. The van der Waals surface area contributed by atoms with Gasteiger partial charge in [-0.25, -0.2) is 0 Å². The summed E-state index contributed by atoms with van der Waals surface area (Å²) in [6.07, 6.45) is 6.34. The van der Waals surface area contributed by atoms with Gasteiger partial charge < -0.3 is 14.8 Å². The van der Waals surface area contributed by atoms with Gasteiger partial charge in [-0.15, -0.1) is 0 Å². The minimum Gasteiger partial charge on any atom is -0.493 e. The molecule has 1 amide bonds. The third kappa shape index (κ3) is 5.16. The van der Waals surface area contributed by atoms with Gasteiger partial charge >= 0.3 is 0 Å². The Morgan fingerprint density at radius 2 is 1.86 bits per heavy atom. The molecule has 2 aromatic heterocycles. The molecule has 3 rings (SSSR count). The van der Waals surface area contributed by atoms with E-state index in [0.717, 1.165) is 5.56 Å². The summed E-state index contributed by atoms with van der Waals surface area (Å²) in [5.74, 6) is 0.718. The number of pyridine rings is 2. The molecule has 2 heterocycles. The van der Waals surface area contributed by atoms with E-state index in [0.29, 0.717) is 29.4 Å². The van der Waals surface area contributed by atoms with E-state index in [1.54, 1.807) is 37.7 Å². The number of rotatable bonds is 7. The molecule has 29 heavy (non-hydrogen) atoms. The Morgan fingerprint density at radius 1 is 1.10 bits per heavy atom. The Bertz CT molecular complexity index is 979. The standard InChI is InChI=1S/C21H19Cl2N3O3/c1-13(15-4-3-7-24-9-15)12-29-19-8-14(5-6-18(19)28-2)21(27)26-20-16(22)10-25-11-17(20)23/h3-11,13H,12H2,1-2H3,(H,25,26,27). The quantitative estimate of drug-likeness (QED) is 0.554. The molecule has 0 saturated carbocycles. The van der Waals surface area contributed by atoms with E-state index in [2.05, 4.69) is 15.3 Å². The van der Waals surface area contributed by atoms with Gasteiger partial charge in [-0.3, -0.25) is 14.8 Å². The predicted molar refractivity (Wildman–Crippen MR) is 113 cm³/mol. The van der Waals surface area contributed by atoms with Crippen molar-refractivity contribution in [3.8, 4) is 11.5 Å². The van der Waals surface area contributed by atoms with E-state index in [-0.39, 0.29) is 21.9 Å². The summed E-state index contributed by atoms with van der Waals surface area (Å²) in [5.41, 5.74) is 1.73. The summed E-state index contributed by atoms with van der Waals surface area (Å²) >= 11 is 12.1. The zero-order chi connectivity index (χ0) is 20.8. The highest BCUT2D eigenvalue weighted by Gasteiger charge is 2.16. The normalized spacial score (nSPS) is 11.6. The molecule has 1 aromatic carbocycles. The summed E-state index contributed by atoms with van der Waals surface area (Å²) in [6, 6.07) is 8.80. The van der Waals surface area contributed by atoms with Crippen LogP contribution in [0.3, 0.4) is 0 Å². The molecule has 0 aliphatic rings. The first-order chi connectivity index (χ1) is 14.0. The second-order valence-electron chi connectivity index (χ2n) is 6.30. The minimum atomic E-state index is -0.382. The average Bonchev–Trinajstić information content (AvgIpc) is 2.75. The van der Waals surface area contributed by atoms with Crippen LogP contribution in [-0.2, 0) is 0 Å². The van der Waals surface area contributed by atoms with E-state index in [1.807, 2.05) is 19.1 Å². The van der Waals surface area contributed by atoms with Crippen molar-refractivity contribution >= 4 is 34.8 Å². The highest BCUT2D eigenvalue weighted by Crippen LogP contribution is 2.32. The van der Waals surface area contributed by atoms with Gasteiger partial charge in [0.1, 0.15) is 0 Å². The van der Waals surface area contributed by atoms with Gasteiger partial charge in [-0.05, 0) is 29.8 Å². The molecule has 150 valence electrons. The lowest BCUT2D eigenvalue weighted by atomic mass is 10.0. The maximum absolute atomic E-state index is 12.7. The summed E-state index contributed by atoms with van der Waals surface area (Å²) in [6.45, 7) is 2.43. The molecule has 3 aromatic rings. The van der Waals surface area contributed by atoms with Crippen molar-refractivity contribution in [1.82, 2.24) is 9.97 Å². The number of hydrogen-bond acceptors (Lipinski definition) is 5. The van der Waals surface area contributed by atoms with Crippen LogP contribution in [-0.4, -0.2) is 29.6 Å². The Hall–Kier alpha value is -2.83. The molecule has 0 fully saturated rings. The third-order valence-electron chi connectivity index (χ3n) is 4.26. The number of nitrogens with one attached hydrogen (secondary N) is 1. The maximum atomic E-state index is 12.7. The molecule has 0 spiro atoms. The molecule has 1 N–H and O–H groups in total. The molecule has 0 aliphatic heterocycles. The molecule has 8 heteroatoms. The number of carbonyl (C=O) groups excluding carboxylic acids is 1. The van der Waals surface area contributed by atoms with Crippen molar-refractivity contribution in [1.29, 1.82) is 0 Å². The molecular weight excluding hydrogens is 413 g/mol. The number of carbonyl (C=O) groups is 1. The lowest BCUT2D eigenvalue weighted by molar-refractivity contribution is 0.102. The summed E-state index contributed by atoms with van der Waals surface area (Å²) in [5, 5.41) is 3.20. The first-order valence-electron chi connectivity index (χ1n) is 8.80. The van der Waals surface area contributed by atoms with Crippen LogP contribution >= 0.6 is 23.2 Å². The van der Waals surface area contributed by atoms with Crippen LogP contribution in [0, 0.1) is 0 Å². The van der Waals surface area contributed by atoms with Gasteiger partial charge in [0.05, 0.1) is 29.4 Å². The zero-order valence-electron chi connectivity index (χ0n) is 15.9. The number of aromatic nitrogens is 2. The second-order valence-corrected chi connectivity index (χ2v) is 7.11. The molecule has 1 atom stereocenters. The Labute approximate surface area is 178 Å². The van der Waals surface area contributed by atoms with E-state index in [9.17, 15) is 4.79 Å². The molecule has 1 unspecified atom stereocenters. The molecule has 0 aliphatic carbocycles. The van der Waals surface area contributed by atoms with Crippen molar-refractivity contribution in [3.05, 3.63) is 76.3 Å². The van der Waals surface area contributed by atoms with Crippen LogP contribution in [0.5, 0.6) is 11.5 Å². The number of hydrogen-bond donors (Lipinski definition) is 1. The molecule has 0 saturated heterocycles. The summed E-state index contributed by atoms with van der Waals surface area (Å²) < 4.78 is 11.3. The maximum Gasteiger partial charge on any atom is 0.255 e. The molecular formula is C21H19Cl2N3O3. The fourth-order valence-corrected chi connectivity index (χ4v) is 3.08. The Balaban J connectivity index is 1.77. The first kappa shape index (κ1) is 20.9. The predicted octanol–water partition coefficient (Wildman–Crippen LogP) is 5.23. The van der Waals surface area contributed by atoms with E-state index in [1.165, 1.54) is 12.4 Å². The largest absolute Gasteiger partial charge is 0.493 e. The van der Waals surface area contributed by atoms with Gasteiger partial charge in [0.15, 0.2) is 11.5 Å². The van der Waals surface area contributed by atoms with Crippen LogP contribution in [0.2, 0.25) is 10.0 Å². The number of benzene rings is 1. The van der Waals surface area contributed by atoms with Gasteiger partial charge in [-0.1, -0.05) is 36.2 Å². The monoisotopic (exact) mass is 431 g/mol. The average molecular weight is 432 g/mol. The van der Waals surface area contributed by atoms with Crippen LogP contribution in [0.1, 0.15) is 28.8 Å². The van der Waals surface area contributed by atoms with Crippen LogP contribution in [0.15, 0.2) is 55.1 Å². The Kier molecular flexibility index (Phi) is 6.90. The number of ether oxygens (including phenoxy) is 2. The van der Waals surface area contributed by atoms with E-state index in [4.69, 9.17) is 32.7 Å². The molecule has 0 bridgehead atoms. The number of halogens is 2. The van der Waals surface area contributed by atoms with Crippen molar-refractivity contribution in [2.75, 3.05) is 19.0 Å². The number of nitrogens with zero attached hydrogens (tertiary/aromatic N) is 2. The first-order valence-corrected chi connectivity index (χ1v) is 9.56. The number of amides is 1. The van der Waals surface area contributed by atoms with Crippen molar-refractivity contribution in [2.24, 2.45) is 0 Å². The van der Waals surface area contributed by atoms with Crippen LogP contribution in [0.25, 0.3) is 0 Å². The summed E-state index contributed by atoms with van der Waals surface area (Å²) in [4.78, 5) is 20.7. The van der Waals surface area contributed by atoms with Crippen molar-refractivity contribution in [2.45, 2.75) is 12.8 Å². The smallest absolute Gasteiger partial charge is 0.255 e. The Morgan fingerprint density at radius 3 is 2.52 bits per heavy atom. The zero-order valence-corrected chi connectivity index (χ0v) is 17.4. The van der Waals surface area contributed by atoms with E-state index < -0.39 is 0 Å². The number of methoxy groups -OCH3 is 1. The SMILES string of the molecule is COc1ccc(C(=O)Nc2c(Cl)cncc2Cl)cc1OCC(C)c1cccnc1. The van der Waals surface area contributed by atoms with Crippen molar-refractivity contribution < 1.29 is 14.3 Å². The topological polar surface area (TPSA) is 73.3 Å². The lowest BCUT2D eigenvalue weighted by Gasteiger charge is -2.16. The summed E-state index contributed by atoms with van der Waals surface area (Å²) in [7, 11) is 1.54. The van der Waals surface area contributed by atoms with Gasteiger partial charge in [0.2, 0.25) is 0 Å². The van der Waals surface area contributed by atoms with Crippen LogP contribution < -0.4 is 14.8 Å². The van der Waals surface area contributed by atoms with Crippen LogP contribution in [0.4, 0.5) is 5.69 Å². The third-order valence-corrected chi connectivity index (χ3v) is 4.83.